The molecule has 0 heterocycles. The largest absolute Gasteiger partial charge is 0.354 e. The van der Waals surface area contributed by atoms with E-state index in [1.165, 1.54) is 27.9 Å². The zero-order valence-corrected chi connectivity index (χ0v) is 21.1. The highest BCUT2D eigenvalue weighted by atomic mass is 31.1. The Morgan fingerprint density at radius 2 is 1.31 bits per heavy atom. The molecule has 2 rings (SSSR count). The van der Waals surface area contributed by atoms with E-state index >= 15 is 0 Å². The van der Waals surface area contributed by atoms with Crippen LogP contribution in [0.3, 0.4) is 0 Å². The molecule has 0 aliphatic rings. The normalized spacial score (nSPS) is 13.4. The van der Waals surface area contributed by atoms with Crippen molar-refractivity contribution >= 4 is 13.8 Å². The Kier molecular flexibility index (Phi) is 7.93. The zero-order chi connectivity index (χ0) is 21.9. The van der Waals surface area contributed by atoms with Crippen molar-refractivity contribution in [3.8, 4) is 0 Å². The van der Waals surface area contributed by atoms with Crippen molar-refractivity contribution < 1.29 is 0 Å². The van der Waals surface area contributed by atoms with Crippen LogP contribution in [0.25, 0.3) is 0 Å². The van der Waals surface area contributed by atoms with E-state index in [1.54, 1.807) is 0 Å². The van der Waals surface area contributed by atoms with Gasteiger partial charge in [0, 0.05) is 12.7 Å². The molecular weight excluding hydrogens is 371 g/mol. The van der Waals surface area contributed by atoms with Crippen LogP contribution in [-0.2, 0) is 5.41 Å². The van der Waals surface area contributed by atoms with E-state index in [9.17, 15) is 0 Å². The second kappa shape index (κ2) is 9.63. The van der Waals surface area contributed by atoms with E-state index in [4.69, 9.17) is 0 Å². The van der Waals surface area contributed by atoms with Crippen LogP contribution >= 0.6 is 8.07 Å². The van der Waals surface area contributed by atoms with Crippen molar-refractivity contribution in [2.75, 3.05) is 11.9 Å². The van der Waals surface area contributed by atoms with Gasteiger partial charge in [-0.1, -0.05) is 90.9 Å². The maximum atomic E-state index is 4.07. The predicted molar refractivity (Wildman–Crippen MR) is 133 cm³/mol. The molecule has 0 saturated heterocycles. The van der Waals surface area contributed by atoms with E-state index in [0.29, 0.717) is 11.3 Å². The third-order valence-electron chi connectivity index (χ3n) is 5.66. The molecule has 0 fully saturated rings. The van der Waals surface area contributed by atoms with Gasteiger partial charge in [-0.3, -0.25) is 5.09 Å². The van der Waals surface area contributed by atoms with Gasteiger partial charge in [0.15, 0.2) is 0 Å². The predicted octanol–water partition coefficient (Wildman–Crippen LogP) is 7.54. The molecule has 0 aliphatic heterocycles. The lowest BCUT2D eigenvalue weighted by Crippen LogP contribution is -2.36. The second-order valence-corrected chi connectivity index (χ2v) is 13.0. The molecule has 0 aromatic heterocycles. The molecule has 0 bridgehead atoms. The van der Waals surface area contributed by atoms with Crippen LogP contribution in [0.15, 0.2) is 42.5 Å². The molecule has 29 heavy (non-hydrogen) atoms. The van der Waals surface area contributed by atoms with Crippen LogP contribution < -0.4 is 9.99 Å². The van der Waals surface area contributed by atoms with Crippen LogP contribution in [-0.4, -0.2) is 18.4 Å². The number of benzene rings is 2. The molecule has 1 unspecified atom stereocenters. The summed E-state index contributed by atoms with van der Waals surface area (Å²) < 4.78 is 0. The van der Waals surface area contributed by atoms with Crippen molar-refractivity contribution in [1.29, 1.82) is 0 Å². The highest BCUT2D eigenvalue weighted by Crippen LogP contribution is 2.45. The fraction of sp³-hybridized carbons (Fsp3) is 0.538. The van der Waals surface area contributed by atoms with Gasteiger partial charge in [0.25, 0.3) is 0 Å². The highest BCUT2D eigenvalue weighted by Gasteiger charge is 2.26. The summed E-state index contributed by atoms with van der Waals surface area (Å²) in [7, 11) is 1.93. The summed E-state index contributed by atoms with van der Waals surface area (Å²) in [6.07, 6.45) is 0.153. The zero-order valence-electron chi connectivity index (χ0n) is 20.2. The topological polar surface area (TPSA) is 15.3 Å². The number of hydrogen-bond donors (Lipinski definition) is 1. The van der Waals surface area contributed by atoms with Gasteiger partial charge in [-0.05, 0) is 60.9 Å². The van der Waals surface area contributed by atoms with Gasteiger partial charge in [0.05, 0.1) is 0 Å². The molecule has 1 atom stereocenters. The molecule has 0 saturated carbocycles. The van der Waals surface area contributed by atoms with Crippen molar-refractivity contribution in [1.82, 2.24) is 5.09 Å². The number of hydrogen-bond acceptors (Lipinski definition) is 2. The Balaban J connectivity index is 2.51. The van der Waals surface area contributed by atoms with Crippen molar-refractivity contribution in [2.24, 2.45) is 0 Å². The number of rotatable bonds is 7. The molecule has 3 heteroatoms. The van der Waals surface area contributed by atoms with Gasteiger partial charge >= 0.3 is 0 Å². The fourth-order valence-corrected chi connectivity index (χ4v) is 6.47. The van der Waals surface area contributed by atoms with E-state index in [-0.39, 0.29) is 19.7 Å². The van der Waals surface area contributed by atoms with Crippen LogP contribution in [0.1, 0.15) is 76.9 Å². The fourth-order valence-electron chi connectivity index (χ4n) is 4.08. The first-order valence-electron chi connectivity index (χ1n) is 10.9. The highest BCUT2D eigenvalue weighted by molar-refractivity contribution is 7.57. The number of nitrogens with zero attached hydrogens (tertiary/aromatic N) is 1. The average molecular weight is 413 g/mol. The van der Waals surface area contributed by atoms with Gasteiger partial charge in [0.2, 0.25) is 0 Å². The van der Waals surface area contributed by atoms with Crippen LogP contribution in [0, 0.1) is 13.8 Å². The summed E-state index contributed by atoms with van der Waals surface area (Å²) in [5, 5.41) is 4.07. The molecule has 160 valence electrons. The van der Waals surface area contributed by atoms with Gasteiger partial charge in [-0.2, -0.15) is 0 Å². The molecule has 1 N–H and O–H groups in total. The first-order chi connectivity index (χ1) is 13.4. The van der Waals surface area contributed by atoms with E-state index in [0.717, 1.165) is 0 Å². The van der Waals surface area contributed by atoms with Gasteiger partial charge in [-0.25, -0.2) is 0 Å². The van der Waals surface area contributed by atoms with Crippen LogP contribution in [0.5, 0.6) is 0 Å². The lowest BCUT2D eigenvalue weighted by atomic mass is 9.86. The van der Waals surface area contributed by atoms with Gasteiger partial charge in [0.1, 0.15) is 6.17 Å². The molecule has 0 spiro atoms. The van der Waals surface area contributed by atoms with E-state index < -0.39 is 0 Å². The summed E-state index contributed by atoms with van der Waals surface area (Å²) in [5.74, 6) is 0. The summed E-state index contributed by atoms with van der Waals surface area (Å²) in [6.45, 7) is 20.6. The standard InChI is InChI=1S/C26H41N2P/c1-18(2)29(19(3)4)27-25(22-14-16-23(17-15-22)26(7,8)9)28(10)24-20(5)12-11-13-21(24)6/h11-19,25,27H,1-10H3. The Bertz CT molecular complexity index is 759. The summed E-state index contributed by atoms with van der Waals surface area (Å²) in [5.41, 5.74) is 8.12. The minimum Gasteiger partial charge on any atom is -0.354 e. The summed E-state index contributed by atoms with van der Waals surface area (Å²) in [4.78, 5) is 2.44. The molecule has 0 aliphatic carbocycles. The molecular formula is C26H41N2P. The van der Waals surface area contributed by atoms with Gasteiger partial charge in [-0.15, -0.1) is 0 Å². The SMILES string of the molecule is Cc1cccc(C)c1N(C)C(NP(C(C)C)C(C)C)c1ccc(C(C)(C)C)cc1. The van der Waals surface area contributed by atoms with Crippen molar-refractivity contribution in [3.05, 3.63) is 64.7 Å². The second-order valence-electron chi connectivity index (χ2n) is 9.85. The summed E-state index contributed by atoms with van der Waals surface area (Å²) >= 11 is 0. The number of aryl methyl sites for hydroxylation is 2. The summed E-state index contributed by atoms with van der Waals surface area (Å²) in [6, 6.07) is 15.8. The molecule has 2 nitrogen and oxygen atoms in total. The minimum atomic E-state index is -0.306. The number of para-hydroxylation sites is 1. The Labute approximate surface area is 180 Å². The van der Waals surface area contributed by atoms with E-state index in [2.05, 4.69) is 122 Å². The first kappa shape index (κ1) is 23.9. The molecule has 0 amide bonds. The minimum absolute atomic E-state index is 0.153. The lowest BCUT2D eigenvalue weighted by Gasteiger charge is -2.39. The monoisotopic (exact) mass is 412 g/mol. The Morgan fingerprint density at radius 3 is 1.72 bits per heavy atom. The smallest absolute Gasteiger partial charge is 0.109 e. The van der Waals surface area contributed by atoms with Crippen LogP contribution in [0.2, 0.25) is 0 Å². The Morgan fingerprint density at radius 1 is 0.828 bits per heavy atom. The van der Waals surface area contributed by atoms with E-state index in [1.807, 2.05) is 0 Å². The van der Waals surface area contributed by atoms with Crippen LogP contribution in [0.4, 0.5) is 5.69 Å². The molecule has 2 aromatic rings. The number of anilines is 1. The maximum absolute atomic E-state index is 4.07. The average Bonchev–Trinajstić information content (AvgIpc) is 2.61. The lowest BCUT2D eigenvalue weighted by molar-refractivity contribution is 0.588. The van der Waals surface area contributed by atoms with Crippen molar-refractivity contribution in [3.63, 3.8) is 0 Å². The first-order valence-corrected chi connectivity index (χ1v) is 12.4. The number of nitrogens with one attached hydrogen (secondary N) is 1. The Hall–Kier alpha value is -1.37. The third-order valence-corrected chi connectivity index (χ3v) is 8.42. The maximum Gasteiger partial charge on any atom is 0.109 e. The molecule has 2 aromatic carbocycles. The van der Waals surface area contributed by atoms with Gasteiger partial charge < -0.3 is 4.90 Å². The quantitative estimate of drug-likeness (QED) is 0.373. The van der Waals surface area contributed by atoms with Crippen molar-refractivity contribution in [2.45, 2.75) is 85.2 Å². The molecule has 0 radical (unpaired) electrons. The third kappa shape index (κ3) is 5.83.